The van der Waals surface area contributed by atoms with Crippen LogP contribution in [0.25, 0.3) is 0 Å². The van der Waals surface area contributed by atoms with E-state index in [4.69, 9.17) is 9.47 Å². The number of benzene rings is 2. The minimum Gasteiger partial charge on any atom is -0.454 e. The largest absolute Gasteiger partial charge is 0.454 e. The Morgan fingerprint density at radius 2 is 1.86 bits per heavy atom. The van der Waals surface area contributed by atoms with Gasteiger partial charge in [0.15, 0.2) is 11.5 Å². The van der Waals surface area contributed by atoms with Gasteiger partial charge in [-0.3, -0.25) is 4.68 Å². The van der Waals surface area contributed by atoms with Crippen LogP contribution in [0.4, 0.5) is 0 Å². The average molecular weight is 411 g/mol. The predicted octanol–water partition coefficient (Wildman–Crippen LogP) is 2.63. The van der Waals surface area contributed by atoms with Crippen molar-refractivity contribution in [1.29, 1.82) is 0 Å². The number of rotatable bonds is 4. The van der Waals surface area contributed by atoms with Crippen molar-refractivity contribution in [2.45, 2.75) is 18.2 Å². The van der Waals surface area contributed by atoms with E-state index in [9.17, 15) is 8.42 Å². The van der Waals surface area contributed by atoms with Crippen LogP contribution < -0.4 is 9.47 Å². The highest BCUT2D eigenvalue weighted by Gasteiger charge is 2.39. The third kappa shape index (κ3) is 3.28. The third-order valence-corrected chi connectivity index (χ3v) is 7.19. The van der Waals surface area contributed by atoms with Crippen LogP contribution >= 0.6 is 0 Å². The summed E-state index contributed by atoms with van der Waals surface area (Å²) >= 11 is 0. The molecule has 0 fully saturated rings. The van der Waals surface area contributed by atoms with Crippen molar-refractivity contribution < 1.29 is 17.9 Å². The maximum Gasteiger partial charge on any atom is 0.231 e. The van der Waals surface area contributed by atoms with E-state index in [1.54, 1.807) is 8.99 Å². The SMILES string of the molecule is Cn1ccc(C2c3cc4c(cc3CCN2S(=O)(=O)Cc2ccccc2)OCO4)n1. The predicted molar refractivity (Wildman–Crippen MR) is 107 cm³/mol. The summed E-state index contributed by atoms with van der Waals surface area (Å²) in [5, 5.41) is 4.54. The Bertz CT molecular complexity index is 1160. The monoisotopic (exact) mass is 411 g/mol. The first-order valence-corrected chi connectivity index (χ1v) is 11.1. The highest BCUT2D eigenvalue weighted by Crippen LogP contribution is 2.43. The van der Waals surface area contributed by atoms with E-state index in [0.717, 1.165) is 16.7 Å². The first-order valence-electron chi connectivity index (χ1n) is 9.47. The topological polar surface area (TPSA) is 73.7 Å². The zero-order chi connectivity index (χ0) is 20.0. The molecule has 150 valence electrons. The molecule has 0 spiro atoms. The molecule has 5 rings (SSSR count). The van der Waals surface area contributed by atoms with Crippen molar-refractivity contribution >= 4 is 10.0 Å². The molecular weight excluding hydrogens is 390 g/mol. The van der Waals surface area contributed by atoms with Crippen LogP contribution in [-0.2, 0) is 29.2 Å². The second-order valence-electron chi connectivity index (χ2n) is 7.32. The lowest BCUT2D eigenvalue weighted by molar-refractivity contribution is 0.174. The fourth-order valence-corrected chi connectivity index (χ4v) is 5.73. The third-order valence-electron chi connectivity index (χ3n) is 5.38. The van der Waals surface area contributed by atoms with Gasteiger partial charge in [0.1, 0.15) is 0 Å². The lowest BCUT2D eigenvalue weighted by atomic mass is 9.92. The molecular formula is C21H21N3O4S. The Hall–Kier alpha value is -2.84. The molecule has 0 saturated carbocycles. The smallest absolute Gasteiger partial charge is 0.231 e. The van der Waals surface area contributed by atoms with Gasteiger partial charge >= 0.3 is 0 Å². The molecule has 2 aliphatic rings. The standard InChI is InChI=1S/C21H21N3O4S/c1-23-9-8-18(22-23)21-17-12-20-19(27-14-28-20)11-16(17)7-10-24(21)29(25,26)13-15-5-3-2-4-6-15/h2-6,8-9,11-12,21H,7,10,13-14H2,1H3. The summed E-state index contributed by atoms with van der Waals surface area (Å²) in [5.41, 5.74) is 3.43. The molecule has 29 heavy (non-hydrogen) atoms. The number of aromatic nitrogens is 2. The number of hydrogen-bond donors (Lipinski definition) is 0. The molecule has 0 radical (unpaired) electrons. The molecule has 3 aromatic rings. The molecule has 0 N–H and O–H groups in total. The summed E-state index contributed by atoms with van der Waals surface area (Å²) < 4.78 is 41.2. The van der Waals surface area contributed by atoms with Crippen LogP contribution in [0.5, 0.6) is 11.5 Å². The van der Waals surface area contributed by atoms with E-state index in [1.807, 2.05) is 61.8 Å². The number of nitrogens with zero attached hydrogens (tertiary/aromatic N) is 3. The normalized spacial score (nSPS) is 18.6. The maximum atomic E-state index is 13.4. The van der Waals surface area contributed by atoms with Gasteiger partial charge in [-0.1, -0.05) is 30.3 Å². The summed E-state index contributed by atoms with van der Waals surface area (Å²) in [6.07, 6.45) is 2.45. The van der Waals surface area contributed by atoms with E-state index in [2.05, 4.69) is 5.10 Å². The van der Waals surface area contributed by atoms with Gasteiger partial charge in [-0.2, -0.15) is 9.40 Å². The number of aryl methyl sites for hydroxylation is 1. The lowest BCUT2D eigenvalue weighted by Gasteiger charge is -2.35. The van der Waals surface area contributed by atoms with Crippen LogP contribution in [-0.4, -0.2) is 35.8 Å². The highest BCUT2D eigenvalue weighted by atomic mass is 32.2. The fraction of sp³-hybridized carbons (Fsp3) is 0.286. The molecule has 2 aliphatic heterocycles. The Balaban J connectivity index is 1.60. The van der Waals surface area contributed by atoms with Crippen molar-refractivity contribution in [1.82, 2.24) is 14.1 Å². The molecule has 0 aliphatic carbocycles. The van der Waals surface area contributed by atoms with E-state index >= 15 is 0 Å². The molecule has 2 aromatic carbocycles. The van der Waals surface area contributed by atoms with E-state index in [1.165, 1.54) is 0 Å². The lowest BCUT2D eigenvalue weighted by Crippen LogP contribution is -2.41. The van der Waals surface area contributed by atoms with Crippen molar-refractivity contribution in [2.24, 2.45) is 7.05 Å². The summed E-state index contributed by atoms with van der Waals surface area (Å²) in [4.78, 5) is 0. The Morgan fingerprint density at radius 1 is 1.10 bits per heavy atom. The van der Waals surface area contributed by atoms with Crippen LogP contribution in [0, 0.1) is 0 Å². The minimum absolute atomic E-state index is 0.0446. The first-order chi connectivity index (χ1) is 14.0. The molecule has 3 heterocycles. The van der Waals surface area contributed by atoms with Gasteiger partial charge in [-0.25, -0.2) is 8.42 Å². The number of hydrogen-bond acceptors (Lipinski definition) is 5. The quantitative estimate of drug-likeness (QED) is 0.660. The van der Waals surface area contributed by atoms with E-state index in [0.29, 0.717) is 30.2 Å². The van der Waals surface area contributed by atoms with Crippen molar-refractivity contribution in [3.8, 4) is 11.5 Å². The van der Waals surface area contributed by atoms with Crippen LogP contribution in [0.2, 0.25) is 0 Å². The molecule has 0 bridgehead atoms. The van der Waals surface area contributed by atoms with Gasteiger partial charge < -0.3 is 9.47 Å². The first kappa shape index (κ1) is 18.2. The maximum absolute atomic E-state index is 13.4. The molecule has 0 saturated heterocycles. The number of ether oxygens (including phenoxy) is 2. The van der Waals surface area contributed by atoms with E-state index in [-0.39, 0.29) is 12.5 Å². The Labute approximate surface area is 169 Å². The van der Waals surface area contributed by atoms with Crippen LogP contribution in [0.1, 0.15) is 28.4 Å². The van der Waals surface area contributed by atoms with Crippen molar-refractivity contribution in [2.75, 3.05) is 13.3 Å². The van der Waals surface area contributed by atoms with Crippen molar-refractivity contribution in [3.63, 3.8) is 0 Å². The Morgan fingerprint density at radius 3 is 2.59 bits per heavy atom. The van der Waals surface area contributed by atoms with Crippen LogP contribution in [0.15, 0.2) is 54.7 Å². The summed E-state index contributed by atoms with van der Waals surface area (Å²) in [6.45, 7) is 0.575. The second-order valence-corrected chi connectivity index (χ2v) is 9.25. The molecule has 1 unspecified atom stereocenters. The number of fused-ring (bicyclic) bond motifs is 2. The molecule has 1 atom stereocenters. The van der Waals surface area contributed by atoms with E-state index < -0.39 is 16.1 Å². The summed E-state index contributed by atoms with van der Waals surface area (Å²) in [5.74, 6) is 1.31. The minimum atomic E-state index is -3.57. The van der Waals surface area contributed by atoms with Gasteiger partial charge in [0, 0.05) is 19.8 Å². The summed E-state index contributed by atoms with van der Waals surface area (Å²) in [7, 11) is -1.74. The zero-order valence-electron chi connectivity index (χ0n) is 16.0. The van der Waals surface area contributed by atoms with Gasteiger partial charge in [0.25, 0.3) is 0 Å². The van der Waals surface area contributed by atoms with Gasteiger partial charge in [-0.05, 0) is 41.3 Å². The zero-order valence-corrected chi connectivity index (χ0v) is 16.8. The average Bonchev–Trinajstić information content (AvgIpc) is 3.34. The fourth-order valence-electron chi connectivity index (χ4n) is 4.04. The highest BCUT2D eigenvalue weighted by molar-refractivity contribution is 7.88. The number of sulfonamides is 1. The molecule has 8 heteroatoms. The molecule has 1 aromatic heterocycles. The van der Waals surface area contributed by atoms with Crippen molar-refractivity contribution in [3.05, 3.63) is 77.1 Å². The van der Waals surface area contributed by atoms with Gasteiger partial charge in [0.2, 0.25) is 16.8 Å². The molecule has 0 amide bonds. The van der Waals surface area contributed by atoms with Gasteiger partial charge in [-0.15, -0.1) is 0 Å². The second kappa shape index (κ2) is 6.89. The summed E-state index contributed by atoms with van der Waals surface area (Å²) in [6, 6.07) is 14.5. The molecule has 7 nitrogen and oxygen atoms in total. The van der Waals surface area contributed by atoms with Gasteiger partial charge in [0.05, 0.1) is 17.5 Å². The Kier molecular flexibility index (Phi) is 4.33. The van der Waals surface area contributed by atoms with Crippen LogP contribution in [0.3, 0.4) is 0 Å².